The van der Waals surface area contributed by atoms with Crippen LogP contribution in [0.2, 0.25) is 0 Å². The predicted octanol–water partition coefficient (Wildman–Crippen LogP) is 2.84. The molecule has 0 aromatic heterocycles. The van der Waals surface area contributed by atoms with Gasteiger partial charge in [0.15, 0.2) is 11.0 Å². The standard InChI is InChI=1S/C17H17NO4S/c1-21-15-10-6-9-13-14(11-16(19)22-2)18(23(20)17(13)15)12-7-4-3-5-8-12/h3-10,14H,11H2,1-2H3. The maximum absolute atomic E-state index is 13.1. The van der Waals surface area contributed by atoms with Gasteiger partial charge in [-0.3, -0.25) is 9.10 Å². The Morgan fingerprint density at radius 1 is 1.13 bits per heavy atom. The van der Waals surface area contributed by atoms with Crippen LogP contribution in [0.15, 0.2) is 53.4 Å². The highest BCUT2D eigenvalue weighted by Gasteiger charge is 2.40. The number of hydrogen-bond donors (Lipinski definition) is 0. The summed E-state index contributed by atoms with van der Waals surface area (Å²) in [4.78, 5) is 12.5. The topological polar surface area (TPSA) is 55.8 Å². The van der Waals surface area contributed by atoms with E-state index >= 15 is 0 Å². The van der Waals surface area contributed by atoms with Gasteiger partial charge in [-0.15, -0.1) is 0 Å². The van der Waals surface area contributed by atoms with Crippen LogP contribution in [0, 0.1) is 0 Å². The Morgan fingerprint density at radius 3 is 2.52 bits per heavy atom. The number of hydrogen-bond acceptors (Lipinski definition) is 4. The van der Waals surface area contributed by atoms with Crippen molar-refractivity contribution in [1.82, 2.24) is 0 Å². The number of benzene rings is 2. The summed E-state index contributed by atoms with van der Waals surface area (Å²) in [5, 5.41) is 0. The molecule has 1 aliphatic rings. The van der Waals surface area contributed by atoms with Crippen molar-refractivity contribution >= 4 is 22.6 Å². The van der Waals surface area contributed by atoms with Crippen LogP contribution in [0.3, 0.4) is 0 Å². The van der Waals surface area contributed by atoms with Gasteiger partial charge >= 0.3 is 5.97 Å². The third-order valence-corrected chi connectivity index (χ3v) is 5.43. The molecule has 1 aliphatic heterocycles. The first-order chi connectivity index (χ1) is 11.2. The molecular weight excluding hydrogens is 314 g/mol. The Balaban J connectivity index is 2.12. The molecule has 0 N–H and O–H groups in total. The van der Waals surface area contributed by atoms with Crippen LogP contribution < -0.4 is 9.04 Å². The van der Waals surface area contributed by atoms with E-state index in [1.54, 1.807) is 17.5 Å². The van der Waals surface area contributed by atoms with Crippen molar-refractivity contribution in [2.45, 2.75) is 17.4 Å². The quantitative estimate of drug-likeness (QED) is 0.809. The number of para-hydroxylation sites is 1. The number of esters is 1. The highest BCUT2D eigenvalue weighted by molar-refractivity contribution is 7.87. The van der Waals surface area contributed by atoms with Crippen molar-refractivity contribution in [1.29, 1.82) is 0 Å². The Bertz CT molecular complexity index is 748. The first-order valence-corrected chi connectivity index (χ1v) is 8.28. The molecule has 0 fully saturated rings. The number of nitrogens with zero attached hydrogens (tertiary/aromatic N) is 1. The fourth-order valence-corrected chi connectivity index (χ4v) is 4.43. The molecule has 2 atom stereocenters. The Hall–Kier alpha value is -2.34. The van der Waals surface area contributed by atoms with Gasteiger partial charge in [-0.25, -0.2) is 4.21 Å². The van der Waals surface area contributed by atoms with Crippen LogP contribution in [-0.4, -0.2) is 24.4 Å². The second-order valence-corrected chi connectivity index (χ2v) is 6.39. The van der Waals surface area contributed by atoms with Gasteiger partial charge in [-0.05, 0) is 23.8 Å². The van der Waals surface area contributed by atoms with Gasteiger partial charge in [0.25, 0.3) is 0 Å². The van der Waals surface area contributed by atoms with Crippen LogP contribution in [0.4, 0.5) is 5.69 Å². The second-order valence-electron chi connectivity index (χ2n) is 5.09. The molecule has 0 saturated carbocycles. The van der Waals surface area contributed by atoms with E-state index in [2.05, 4.69) is 0 Å². The molecule has 120 valence electrons. The molecule has 2 aromatic carbocycles. The summed E-state index contributed by atoms with van der Waals surface area (Å²) in [6.07, 6.45) is 0.122. The molecule has 6 heteroatoms. The van der Waals surface area contributed by atoms with Crippen LogP contribution in [0.1, 0.15) is 18.0 Å². The number of carbonyl (C=O) groups is 1. The first kappa shape index (κ1) is 15.6. The van der Waals surface area contributed by atoms with E-state index in [0.29, 0.717) is 10.6 Å². The molecule has 2 unspecified atom stereocenters. The number of fused-ring (bicyclic) bond motifs is 1. The van der Waals surface area contributed by atoms with Crippen molar-refractivity contribution in [2.75, 3.05) is 18.5 Å². The predicted molar refractivity (Wildman–Crippen MR) is 87.7 cm³/mol. The summed E-state index contributed by atoms with van der Waals surface area (Å²) in [7, 11) is 1.46. The van der Waals surface area contributed by atoms with Crippen LogP contribution >= 0.6 is 0 Å². The van der Waals surface area contributed by atoms with Crippen molar-refractivity contribution < 1.29 is 18.5 Å². The Kier molecular flexibility index (Phi) is 4.34. The van der Waals surface area contributed by atoms with Crippen LogP contribution in [0.5, 0.6) is 5.75 Å². The minimum absolute atomic E-state index is 0.122. The monoisotopic (exact) mass is 331 g/mol. The third kappa shape index (κ3) is 2.70. The van der Waals surface area contributed by atoms with Gasteiger partial charge in [-0.2, -0.15) is 0 Å². The number of rotatable bonds is 4. The highest BCUT2D eigenvalue weighted by atomic mass is 32.2. The summed E-state index contributed by atoms with van der Waals surface area (Å²) in [6.45, 7) is 0. The Labute approximate surface area is 137 Å². The molecule has 0 saturated heterocycles. The Morgan fingerprint density at radius 2 is 1.87 bits per heavy atom. The molecule has 23 heavy (non-hydrogen) atoms. The molecule has 5 nitrogen and oxygen atoms in total. The van der Waals surface area contributed by atoms with E-state index in [-0.39, 0.29) is 18.4 Å². The highest BCUT2D eigenvalue weighted by Crippen LogP contribution is 2.45. The maximum Gasteiger partial charge on any atom is 0.307 e. The lowest BCUT2D eigenvalue weighted by Gasteiger charge is -2.24. The smallest absolute Gasteiger partial charge is 0.307 e. The lowest BCUT2D eigenvalue weighted by molar-refractivity contribution is -0.141. The molecule has 0 radical (unpaired) electrons. The number of ether oxygens (including phenoxy) is 2. The van der Waals surface area contributed by atoms with Gasteiger partial charge in [0.2, 0.25) is 0 Å². The SMILES string of the molecule is COC(=O)CC1c2cccc(OC)c2S(=O)N1c1ccccc1. The zero-order valence-corrected chi connectivity index (χ0v) is 13.7. The molecule has 0 spiro atoms. The molecule has 1 heterocycles. The third-order valence-electron chi connectivity index (χ3n) is 3.82. The van der Waals surface area contributed by atoms with Gasteiger partial charge in [0, 0.05) is 0 Å². The van der Waals surface area contributed by atoms with E-state index in [9.17, 15) is 9.00 Å². The molecular formula is C17H17NO4S. The average molecular weight is 331 g/mol. The number of carbonyl (C=O) groups excluding carboxylic acids is 1. The van der Waals surface area contributed by atoms with E-state index in [1.807, 2.05) is 42.5 Å². The number of methoxy groups -OCH3 is 2. The lowest BCUT2D eigenvalue weighted by Crippen LogP contribution is -2.26. The molecule has 3 rings (SSSR count). The summed E-state index contributed by atoms with van der Waals surface area (Å²) in [5.74, 6) is 0.220. The molecule has 0 amide bonds. The normalized spacial score (nSPS) is 19.3. The van der Waals surface area contributed by atoms with Crippen molar-refractivity contribution in [3.8, 4) is 5.75 Å². The summed E-state index contributed by atoms with van der Waals surface area (Å²) in [5.41, 5.74) is 1.62. The van der Waals surface area contributed by atoms with Gasteiger partial charge in [0.05, 0.1) is 32.4 Å². The zero-order chi connectivity index (χ0) is 16.4. The van der Waals surface area contributed by atoms with Gasteiger partial charge < -0.3 is 9.47 Å². The molecule has 0 aliphatic carbocycles. The van der Waals surface area contributed by atoms with Crippen molar-refractivity contribution in [3.63, 3.8) is 0 Å². The van der Waals surface area contributed by atoms with Gasteiger partial charge in [0.1, 0.15) is 10.6 Å². The lowest BCUT2D eigenvalue weighted by atomic mass is 10.0. The fraction of sp³-hybridized carbons (Fsp3) is 0.235. The van der Waals surface area contributed by atoms with Crippen molar-refractivity contribution in [3.05, 3.63) is 54.1 Å². The number of anilines is 1. The van der Waals surface area contributed by atoms with E-state index < -0.39 is 11.0 Å². The van der Waals surface area contributed by atoms with Gasteiger partial charge in [-0.1, -0.05) is 30.3 Å². The van der Waals surface area contributed by atoms with Crippen LogP contribution in [-0.2, 0) is 20.5 Å². The maximum atomic E-state index is 13.1. The van der Waals surface area contributed by atoms with Crippen molar-refractivity contribution in [2.24, 2.45) is 0 Å². The summed E-state index contributed by atoms with van der Waals surface area (Å²) in [6, 6.07) is 14.5. The molecule has 2 aromatic rings. The minimum atomic E-state index is -1.45. The van der Waals surface area contributed by atoms with Crippen LogP contribution in [0.25, 0.3) is 0 Å². The minimum Gasteiger partial charge on any atom is -0.495 e. The largest absolute Gasteiger partial charge is 0.495 e. The van der Waals surface area contributed by atoms with E-state index in [1.165, 1.54) is 7.11 Å². The fourth-order valence-electron chi connectivity index (χ4n) is 2.77. The zero-order valence-electron chi connectivity index (χ0n) is 12.9. The summed E-state index contributed by atoms with van der Waals surface area (Å²) < 4.78 is 25.0. The average Bonchev–Trinajstić information content (AvgIpc) is 2.88. The summed E-state index contributed by atoms with van der Waals surface area (Å²) >= 11 is 0. The first-order valence-electron chi connectivity index (χ1n) is 7.17. The second kappa shape index (κ2) is 6.42. The van der Waals surface area contributed by atoms with E-state index in [4.69, 9.17) is 9.47 Å². The molecule has 0 bridgehead atoms. The van der Waals surface area contributed by atoms with E-state index in [0.717, 1.165) is 11.3 Å².